The third kappa shape index (κ3) is 3.09. The minimum Gasteiger partial charge on any atom is -0.367 e. The van der Waals surface area contributed by atoms with Crippen LogP contribution in [0.4, 0.5) is 11.5 Å². The van der Waals surface area contributed by atoms with E-state index in [-0.39, 0.29) is 0 Å². The zero-order valence-electron chi connectivity index (χ0n) is 11.7. The van der Waals surface area contributed by atoms with E-state index in [1.54, 1.807) is 12.4 Å². The molecule has 21 heavy (non-hydrogen) atoms. The molecule has 1 saturated heterocycles. The van der Waals surface area contributed by atoms with Crippen LogP contribution in [0.25, 0.3) is 0 Å². The Morgan fingerprint density at radius 2 is 1.81 bits per heavy atom. The second-order valence-electron chi connectivity index (χ2n) is 5.03. The van der Waals surface area contributed by atoms with Crippen LogP contribution in [-0.4, -0.2) is 36.1 Å². The van der Waals surface area contributed by atoms with Crippen molar-refractivity contribution in [2.75, 3.05) is 36.0 Å². The van der Waals surface area contributed by atoms with Crippen LogP contribution in [0.3, 0.4) is 0 Å². The van der Waals surface area contributed by atoms with Gasteiger partial charge in [0.1, 0.15) is 5.82 Å². The second kappa shape index (κ2) is 6.28. The van der Waals surface area contributed by atoms with Gasteiger partial charge in [0.2, 0.25) is 0 Å². The third-order valence-electron chi connectivity index (χ3n) is 3.74. The van der Waals surface area contributed by atoms with Gasteiger partial charge < -0.3 is 15.5 Å². The minimum absolute atomic E-state index is 0.529. The highest BCUT2D eigenvalue weighted by Crippen LogP contribution is 2.25. The highest BCUT2D eigenvalue weighted by Gasteiger charge is 2.19. The maximum Gasteiger partial charge on any atom is 0.128 e. The number of nitrogens with zero attached hydrogens (tertiary/aromatic N) is 4. The van der Waals surface area contributed by atoms with Crippen LogP contribution in [-0.2, 0) is 6.54 Å². The van der Waals surface area contributed by atoms with E-state index >= 15 is 0 Å². The van der Waals surface area contributed by atoms with Gasteiger partial charge in [-0.05, 0) is 17.7 Å². The molecule has 1 aliphatic heterocycles. The standard InChI is InChI=1S/C15H18ClN5/c16-13-11-18-4-3-14(13)20-5-7-21(8-6-20)15-2-1-12(9-17)10-19-15/h1-4,10-11H,5-9,17H2. The van der Waals surface area contributed by atoms with Gasteiger partial charge in [0, 0.05) is 51.3 Å². The second-order valence-corrected chi connectivity index (χ2v) is 5.44. The first-order chi connectivity index (χ1) is 10.3. The van der Waals surface area contributed by atoms with Gasteiger partial charge in [0.15, 0.2) is 0 Å². The third-order valence-corrected chi connectivity index (χ3v) is 4.03. The summed E-state index contributed by atoms with van der Waals surface area (Å²) in [6.07, 6.45) is 5.32. The highest BCUT2D eigenvalue weighted by molar-refractivity contribution is 6.33. The molecule has 5 nitrogen and oxygen atoms in total. The Hall–Kier alpha value is -1.85. The number of nitrogens with two attached hydrogens (primary N) is 1. The lowest BCUT2D eigenvalue weighted by atomic mass is 10.2. The molecule has 110 valence electrons. The average Bonchev–Trinajstić information content (AvgIpc) is 2.56. The summed E-state index contributed by atoms with van der Waals surface area (Å²) < 4.78 is 0. The number of hydrogen-bond donors (Lipinski definition) is 1. The van der Waals surface area contributed by atoms with Gasteiger partial charge >= 0.3 is 0 Å². The lowest BCUT2D eigenvalue weighted by Gasteiger charge is -2.37. The molecule has 3 heterocycles. The Morgan fingerprint density at radius 1 is 1.05 bits per heavy atom. The summed E-state index contributed by atoms with van der Waals surface area (Å²) in [4.78, 5) is 13.1. The van der Waals surface area contributed by atoms with Crippen LogP contribution in [0, 0.1) is 0 Å². The molecule has 0 aromatic carbocycles. The molecule has 2 aromatic heterocycles. The van der Waals surface area contributed by atoms with E-state index in [0.29, 0.717) is 11.6 Å². The number of anilines is 2. The van der Waals surface area contributed by atoms with Gasteiger partial charge in [-0.3, -0.25) is 4.98 Å². The molecule has 0 bridgehead atoms. The first-order valence-corrected chi connectivity index (χ1v) is 7.40. The van der Waals surface area contributed by atoms with E-state index in [9.17, 15) is 0 Å². The number of rotatable bonds is 3. The van der Waals surface area contributed by atoms with Crippen molar-refractivity contribution < 1.29 is 0 Å². The average molecular weight is 304 g/mol. The Labute approximate surface area is 129 Å². The topological polar surface area (TPSA) is 58.3 Å². The fourth-order valence-corrected chi connectivity index (χ4v) is 2.76. The quantitative estimate of drug-likeness (QED) is 0.939. The summed E-state index contributed by atoms with van der Waals surface area (Å²) in [6.45, 7) is 4.22. The van der Waals surface area contributed by atoms with E-state index in [1.165, 1.54) is 0 Å². The maximum atomic E-state index is 6.20. The van der Waals surface area contributed by atoms with Crippen molar-refractivity contribution in [3.63, 3.8) is 0 Å². The van der Waals surface area contributed by atoms with Gasteiger partial charge in [-0.1, -0.05) is 17.7 Å². The van der Waals surface area contributed by atoms with E-state index in [0.717, 1.165) is 43.2 Å². The SMILES string of the molecule is NCc1ccc(N2CCN(c3ccncc3Cl)CC2)nc1. The molecular weight excluding hydrogens is 286 g/mol. The van der Waals surface area contributed by atoms with Gasteiger partial charge in [-0.2, -0.15) is 0 Å². The minimum atomic E-state index is 0.529. The first-order valence-electron chi connectivity index (χ1n) is 7.02. The molecule has 0 radical (unpaired) electrons. The summed E-state index contributed by atoms with van der Waals surface area (Å²) in [5.74, 6) is 1.01. The summed E-state index contributed by atoms with van der Waals surface area (Å²) in [5, 5.41) is 0.705. The van der Waals surface area contributed by atoms with E-state index < -0.39 is 0 Å². The molecule has 3 rings (SSSR count). The smallest absolute Gasteiger partial charge is 0.128 e. The zero-order valence-corrected chi connectivity index (χ0v) is 12.5. The molecule has 0 atom stereocenters. The molecule has 1 aliphatic rings. The van der Waals surface area contributed by atoms with Gasteiger partial charge in [0.05, 0.1) is 10.7 Å². The predicted molar refractivity (Wildman–Crippen MR) is 85.8 cm³/mol. The summed E-state index contributed by atoms with van der Waals surface area (Å²) >= 11 is 6.20. The fourth-order valence-electron chi connectivity index (χ4n) is 2.53. The monoisotopic (exact) mass is 303 g/mol. The molecule has 0 spiro atoms. The van der Waals surface area contributed by atoms with Crippen molar-refractivity contribution in [2.45, 2.75) is 6.54 Å². The van der Waals surface area contributed by atoms with Crippen LogP contribution in [0.15, 0.2) is 36.8 Å². The number of pyridine rings is 2. The van der Waals surface area contributed by atoms with Crippen molar-refractivity contribution in [2.24, 2.45) is 5.73 Å². The van der Waals surface area contributed by atoms with Crippen molar-refractivity contribution in [1.82, 2.24) is 9.97 Å². The molecule has 0 saturated carbocycles. The van der Waals surface area contributed by atoms with Crippen LogP contribution in [0.1, 0.15) is 5.56 Å². The lowest BCUT2D eigenvalue weighted by molar-refractivity contribution is 0.647. The summed E-state index contributed by atoms with van der Waals surface area (Å²) in [6, 6.07) is 6.04. The van der Waals surface area contributed by atoms with Crippen molar-refractivity contribution in [3.8, 4) is 0 Å². The molecule has 0 unspecified atom stereocenters. The highest BCUT2D eigenvalue weighted by atomic mass is 35.5. The summed E-state index contributed by atoms with van der Waals surface area (Å²) in [7, 11) is 0. The van der Waals surface area contributed by atoms with Crippen LogP contribution in [0.2, 0.25) is 5.02 Å². The van der Waals surface area contributed by atoms with Crippen LogP contribution in [0.5, 0.6) is 0 Å². The molecule has 2 N–H and O–H groups in total. The molecule has 0 amide bonds. The Bertz CT molecular complexity index is 593. The van der Waals surface area contributed by atoms with Crippen molar-refractivity contribution in [3.05, 3.63) is 47.4 Å². The van der Waals surface area contributed by atoms with Crippen LogP contribution >= 0.6 is 11.6 Å². The molecule has 1 fully saturated rings. The largest absolute Gasteiger partial charge is 0.367 e. The van der Waals surface area contributed by atoms with Gasteiger partial charge in [-0.25, -0.2) is 4.98 Å². The van der Waals surface area contributed by atoms with Gasteiger partial charge in [0.25, 0.3) is 0 Å². The number of hydrogen-bond acceptors (Lipinski definition) is 5. The molecule has 6 heteroatoms. The van der Waals surface area contributed by atoms with Crippen molar-refractivity contribution >= 4 is 23.1 Å². The van der Waals surface area contributed by atoms with E-state index in [2.05, 4.69) is 19.8 Å². The first kappa shape index (κ1) is 14.1. The lowest BCUT2D eigenvalue weighted by Crippen LogP contribution is -2.47. The zero-order chi connectivity index (χ0) is 14.7. The van der Waals surface area contributed by atoms with Crippen molar-refractivity contribution in [1.29, 1.82) is 0 Å². The fraction of sp³-hybridized carbons (Fsp3) is 0.333. The summed E-state index contributed by atoms with van der Waals surface area (Å²) in [5.41, 5.74) is 7.71. The van der Waals surface area contributed by atoms with Crippen LogP contribution < -0.4 is 15.5 Å². The number of piperazine rings is 1. The number of halogens is 1. The normalized spacial score (nSPS) is 15.3. The number of aromatic nitrogens is 2. The Morgan fingerprint density at radius 3 is 2.43 bits per heavy atom. The van der Waals surface area contributed by atoms with E-state index in [1.807, 2.05) is 24.4 Å². The Kier molecular flexibility index (Phi) is 4.22. The maximum absolute atomic E-state index is 6.20. The predicted octanol–water partition coefficient (Wildman–Crippen LogP) is 1.92. The molecule has 0 aliphatic carbocycles. The Balaban J connectivity index is 1.66. The molecule has 2 aromatic rings. The molecular formula is C15H18ClN5. The van der Waals surface area contributed by atoms with E-state index in [4.69, 9.17) is 17.3 Å². The van der Waals surface area contributed by atoms with Gasteiger partial charge in [-0.15, -0.1) is 0 Å².